The highest BCUT2D eigenvalue weighted by molar-refractivity contribution is 7.48. The van der Waals surface area contributed by atoms with Gasteiger partial charge in [0.1, 0.15) is 11.5 Å². The van der Waals surface area contributed by atoms with E-state index in [0.29, 0.717) is 48.0 Å². The van der Waals surface area contributed by atoms with E-state index >= 15 is 0 Å². The molecular formula is C74H96O8P2. The van der Waals surface area contributed by atoms with Crippen molar-refractivity contribution in [2.45, 2.75) is 267 Å². The van der Waals surface area contributed by atoms with Gasteiger partial charge in [0.05, 0.1) is 13.2 Å². The number of benzene rings is 5. The molecule has 0 aliphatic heterocycles. The van der Waals surface area contributed by atoms with Crippen molar-refractivity contribution in [2.24, 2.45) is 0 Å². The van der Waals surface area contributed by atoms with Crippen LogP contribution in [-0.4, -0.2) is 23.0 Å². The molecule has 0 radical (unpaired) electrons. The van der Waals surface area contributed by atoms with Gasteiger partial charge in [-0.1, -0.05) is 254 Å². The molecule has 0 fully saturated rings. The van der Waals surface area contributed by atoms with Crippen LogP contribution < -0.4 is 9.05 Å². The standard InChI is InChI=1S/C74H96O8P2/c1-3-5-7-9-11-13-15-17-19-21-23-25-27-33-39-79-83(75,76)81-73-69-65-47-67(63-45-59-55-41-53(57(59)43-61(63)65)49-35-29-31-37-51(49)55)71(69)74(82-84(77,78)80-40-34-28-26-24-22-20-18-16-14-12-10-8-6-4-2)72-68-48-66(70(72)73)62-44-58-54-42-56(60(58)46-64(62)68)52-38-32-30-36-50(52)54/h29-32,35-38,43-46,53-56,65-68H,3-28,33-34,39-42,47-48H2,1-2H3,(H,75,76)(H,77,78)/t53-,54+,55+,56-,65-,66+,67+,68-. The summed E-state index contributed by atoms with van der Waals surface area (Å²) in [5.74, 6) is 1.60. The molecule has 5 aromatic carbocycles. The molecule has 8 aliphatic carbocycles. The first-order valence-electron chi connectivity index (χ1n) is 34.2. The molecule has 10 atom stereocenters. The van der Waals surface area contributed by atoms with Crippen LogP contribution in [0.1, 0.15) is 356 Å². The molecule has 8 nitrogen and oxygen atoms in total. The molecule has 8 aliphatic rings. The summed E-state index contributed by atoms with van der Waals surface area (Å²) >= 11 is 0. The topological polar surface area (TPSA) is 112 Å². The maximum atomic E-state index is 14.7. The summed E-state index contributed by atoms with van der Waals surface area (Å²) in [5, 5.41) is 0. The summed E-state index contributed by atoms with van der Waals surface area (Å²) in [4.78, 5) is 24.1. The van der Waals surface area contributed by atoms with Gasteiger partial charge < -0.3 is 9.05 Å². The third-order valence-electron chi connectivity index (χ3n) is 21.8. The molecule has 2 N–H and O–H groups in total. The fourth-order valence-corrected chi connectivity index (χ4v) is 19.5. The van der Waals surface area contributed by atoms with Gasteiger partial charge in [0, 0.05) is 69.6 Å². The van der Waals surface area contributed by atoms with Gasteiger partial charge in [-0.05, 0) is 105 Å². The van der Waals surface area contributed by atoms with Crippen molar-refractivity contribution in [3.8, 4) is 11.5 Å². The van der Waals surface area contributed by atoms with E-state index in [4.69, 9.17) is 18.1 Å². The van der Waals surface area contributed by atoms with E-state index in [-0.39, 0.29) is 36.9 Å². The Labute approximate surface area is 503 Å². The Morgan fingerprint density at radius 1 is 0.321 bits per heavy atom. The summed E-state index contributed by atoms with van der Waals surface area (Å²) in [6.07, 6.45) is 37.9. The SMILES string of the molecule is CCCCCCCCCCCCCCCCOP(=O)(O)Oc1c2c(c(OP(=O)(O)OCCCCCCCCCCCCCCCC)c3c1[C@H]1C[C@@H]3c3cc4c(cc31)[C@H]1C[C@@H]4c3ccccc31)[C@H]1C[C@@H]2c2cc3c(cc21)[C@H]1C[C@@H]3c2ccccc21. The Morgan fingerprint density at radius 3 is 0.786 bits per heavy atom. The quantitative estimate of drug-likeness (QED) is 0.0301. The van der Waals surface area contributed by atoms with Crippen LogP contribution in [-0.2, 0) is 18.2 Å². The third-order valence-corrected chi connectivity index (χ3v) is 23.7. The van der Waals surface area contributed by atoms with E-state index in [1.807, 2.05) is 0 Å². The first-order chi connectivity index (χ1) is 41.1. The van der Waals surface area contributed by atoms with Crippen molar-refractivity contribution < 1.29 is 37.0 Å². The normalized spacial score (nSPS) is 23.7. The average Bonchev–Trinajstić information content (AvgIpc) is 1.56. The fourth-order valence-electron chi connectivity index (χ4n) is 17.9. The van der Waals surface area contributed by atoms with E-state index < -0.39 is 15.6 Å². The predicted molar refractivity (Wildman–Crippen MR) is 339 cm³/mol. The van der Waals surface area contributed by atoms with Crippen LogP contribution in [0.25, 0.3) is 0 Å². The lowest BCUT2D eigenvalue weighted by molar-refractivity contribution is 0.195. The number of hydrogen-bond acceptors (Lipinski definition) is 6. The molecule has 2 unspecified atom stereocenters. The predicted octanol–water partition coefficient (Wildman–Crippen LogP) is 21.6. The zero-order valence-electron chi connectivity index (χ0n) is 50.8. The Hall–Kier alpha value is -4.00. The number of fused-ring (bicyclic) bond motifs is 32. The van der Waals surface area contributed by atoms with Crippen LogP contribution >= 0.6 is 15.6 Å². The van der Waals surface area contributed by atoms with Crippen molar-refractivity contribution in [3.63, 3.8) is 0 Å². The van der Waals surface area contributed by atoms with Gasteiger partial charge in [0.15, 0.2) is 0 Å². The lowest BCUT2D eigenvalue weighted by atomic mass is 9.74. The number of rotatable bonds is 36. The summed E-state index contributed by atoms with van der Waals surface area (Å²) in [6, 6.07) is 27.7. The van der Waals surface area contributed by atoms with Crippen molar-refractivity contribution in [1.82, 2.24) is 0 Å². The van der Waals surface area contributed by atoms with Gasteiger partial charge in [0.25, 0.3) is 0 Å². The molecule has 13 rings (SSSR count). The largest absolute Gasteiger partial charge is 0.527 e. The molecule has 0 amide bonds. The molecule has 0 spiro atoms. The highest BCUT2D eigenvalue weighted by Gasteiger charge is 2.57. The summed E-state index contributed by atoms with van der Waals surface area (Å²) in [6.45, 7) is 4.82. The monoisotopic (exact) mass is 1170 g/mol. The second kappa shape index (κ2) is 26.0. The van der Waals surface area contributed by atoms with Crippen LogP contribution in [0.2, 0.25) is 0 Å². The maximum Gasteiger partial charge on any atom is 0.527 e. The second-order valence-electron chi connectivity index (χ2n) is 27.1. The van der Waals surface area contributed by atoms with Gasteiger partial charge in [-0.3, -0.25) is 18.8 Å². The van der Waals surface area contributed by atoms with Crippen molar-refractivity contribution >= 4 is 15.6 Å². The minimum atomic E-state index is -4.66. The maximum absolute atomic E-state index is 14.7. The van der Waals surface area contributed by atoms with Gasteiger partial charge >= 0.3 is 15.6 Å². The van der Waals surface area contributed by atoms with Gasteiger partial charge in [-0.25, -0.2) is 9.13 Å². The number of hydrogen-bond donors (Lipinski definition) is 2. The van der Waals surface area contributed by atoms with Crippen molar-refractivity contribution in [2.75, 3.05) is 13.2 Å². The fraction of sp³-hybridized carbons (Fsp3) is 0.595. The highest BCUT2D eigenvalue weighted by Crippen LogP contribution is 2.73. The van der Waals surface area contributed by atoms with Crippen molar-refractivity contribution in [3.05, 3.63) is 162 Å². The Morgan fingerprint density at radius 2 is 0.536 bits per heavy atom. The van der Waals surface area contributed by atoms with Crippen LogP contribution in [0.4, 0.5) is 0 Å². The number of unbranched alkanes of at least 4 members (excludes halogenated alkanes) is 26. The summed E-state index contributed by atoms with van der Waals surface area (Å²) in [5.41, 5.74) is 19.6. The van der Waals surface area contributed by atoms with Crippen molar-refractivity contribution in [1.29, 1.82) is 0 Å². The Balaban J connectivity index is 0.764. The molecular weight excluding hydrogens is 1080 g/mol. The number of phosphoric ester groups is 2. The smallest absolute Gasteiger partial charge is 0.403 e. The van der Waals surface area contributed by atoms with E-state index in [0.717, 1.165) is 73.6 Å². The van der Waals surface area contributed by atoms with Crippen LogP contribution in [0, 0.1) is 0 Å². The average molecular weight is 1180 g/mol. The van der Waals surface area contributed by atoms with E-state index in [1.165, 1.54) is 208 Å². The Bertz CT molecular complexity index is 2910. The van der Waals surface area contributed by atoms with Gasteiger partial charge in [-0.15, -0.1) is 0 Å². The Kier molecular flexibility index (Phi) is 18.2. The van der Waals surface area contributed by atoms with Gasteiger partial charge in [-0.2, -0.15) is 0 Å². The lowest BCUT2D eigenvalue weighted by Crippen LogP contribution is -2.17. The van der Waals surface area contributed by atoms with E-state index in [2.05, 4.69) is 86.6 Å². The van der Waals surface area contributed by atoms with Gasteiger partial charge in [0.2, 0.25) is 0 Å². The van der Waals surface area contributed by atoms with E-state index in [1.54, 1.807) is 0 Å². The molecule has 450 valence electrons. The molecule has 10 heteroatoms. The summed E-state index contributed by atoms with van der Waals surface area (Å²) < 4.78 is 55.0. The molecule has 0 heterocycles. The van der Waals surface area contributed by atoms with Crippen LogP contribution in [0.3, 0.4) is 0 Å². The van der Waals surface area contributed by atoms with Crippen LogP contribution in [0.15, 0.2) is 72.8 Å². The molecule has 0 aromatic heterocycles. The molecule has 8 bridgehead atoms. The molecule has 0 saturated carbocycles. The number of phosphoric acid groups is 2. The first kappa shape index (κ1) is 59.0. The zero-order valence-corrected chi connectivity index (χ0v) is 52.6. The first-order valence-corrected chi connectivity index (χ1v) is 37.2. The molecule has 84 heavy (non-hydrogen) atoms. The minimum absolute atomic E-state index is 0.137. The molecule has 0 saturated heterocycles. The van der Waals surface area contributed by atoms with Crippen LogP contribution in [0.5, 0.6) is 11.5 Å². The second-order valence-corrected chi connectivity index (χ2v) is 29.9. The molecule has 5 aromatic rings. The minimum Gasteiger partial charge on any atom is -0.403 e. The zero-order chi connectivity index (χ0) is 57.4. The van der Waals surface area contributed by atoms with E-state index in [9.17, 15) is 18.9 Å². The lowest BCUT2D eigenvalue weighted by Gasteiger charge is -2.33. The third kappa shape index (κ3) is 11.6. The summed E-state index contributed by atoms with van der Waals surface area (Å²) in [7, 11) is -9.32. The highest BCUT2D eigenvalue weighted by atomic mass is 31.2.